The summed E-state index contributed by atoms with van der Waals surface area (Å²) in [5.41, 5.74) is 5.03. The Hall–Kier alpha value is -3.44. The standard InChI is InChI=1S/C25H24N4O/c30-25(24-12-6-14-29(24)17-21-9-3-4-13-26-21)27-20-10-5-8-18(15-20)23-16-19-7-1-2-11-22(19)28-23/h1-5,7-11,13,15-16,24,28H,6,12,14,17H2,(H,27,30)/t24-/m0/s1. The minimum absolute atomic E-state index is 0.0530. The molecule has 0 aliphatic carbocycles. The van der Waals surface area contributed by atoms with Crippen LogP contribution < -0.4 is 5.32 Å². The zero-order valence-corrected chi connectivity index (χ0v) is 16.7. The van der Waals surface area contributed by atoms with Crippen LogP contribution >= 0.6 is 0 Å². The molecule has 0 saturated carbocycles. The lowest BCUT2D eigenvalue weighted by atomic mass is 10.1. The molecule has 2 aromatic carbocycles. The summed E-state index contributed by atoms with van der Waals surface area (Å²) < 4.78 is 0. The quantitative estimate of drug-likeness (QED) is 0.508. The van der Waals surface area contributed by atoms with E-state index in [0.717, 1.165) is 47.5 Å². The van der Waals surface area contributed by atoms with Crippen molar-refractivity contribution in [2.24, 2.45) is 0 Å². The predicted octanol–water partition coefficient (Wildman–Crippen LogP) is 4.83. The molecular weight excluding hydrogens is 372 g/mol. The van der Waals surface area contributed by atoms with Crippen molar-refractivity contribution in [2.75, 3.05) is 11.9 Å². The van der Waals surface area contributed by atoms with Gasteiger partial charge in [-0.25, -0.2) is 0 Å². The zero-order chi connectivity index (χ0) is 20.3. The average molecular weight is 396 g/mol. The molecule has 1 atom stereocenters. The van der Waals surface area contributed by atoms with Gasteiger partial charge in [0.1, 0.15) is 0 Å². The number of H-pyrrole nitrogens is 1. The second-order valence-electron chi connectivity index (χ2n) is 7.79. The molecule has 2 N–H and O–H groups in total. The Kier molecular flexibility index (Phi) is 5.03. The number of aromatic nitrogens is 2. The topological polar surface area (TPSA) is 61.0 Å². The highest BCUT2D eigenvalue weighted by Crippen LogP contribution is 2.27. The number of nitrogens with one attached hydrogen (secondary N) is 2. The Labute approximate surface area is 175 Å². The van der Waals surface area contributed by atoms with E-state index in [4.69, 9.17) is 0 Å². The van der Waals surface area contributed by atoms with Crippen LogP contribution in [0, 0.1) is 0 Å². The first-order valence-corrected chi connectivity index (χ1v) is 10.4. The van der Waals surface area contributed by atoms with Gasteiger partial charge in [-0.05, 0) is 55.8 Å². The minimum Gasteiger partial charge on any atom is -0.355 e. The van der Waals surface area contributed by atoms with E-state index in [-0.39, 0.29) is 11.9 Å². The molecule has 5 nitrogen and oxygen atoms in total. The Bertz CT molecular complexity index is 1130. The molecule has 0 bridgehead atoms. The lowest BCUT2D eigenvalue weighted by molar-refractivity contribution is -0.120. The highest BCUT2D eigenvalue weighted by atomic mass is 16.2. The number of fused-ring (bicyclic) bond motifs is 1. The smallest absolute Gasteiger partial charge is 0.241 e. The van der Waals surface area contributed by atoms with E-state index in [1.807, 2.05) is 48.5 Å². The van der Waals surface area contributed by atoms with Crippen molar-refractivity contribution in [3.05, 3.63) is 84.7 Å². The van der Waals surface area contributed by atoms with Crippen molar-refractivity contribution in [3.8, 4) is 11.3 Å². The fourth-order valence-corrected chi connectivity index (χ4v) is 4.23. The highest BCUT2D eigenvalue weighted by Gasteiger charge is 2.30. The molecule has 0 radical (unpaired) electrons. The second kappa shape index (κ2) is 8.13. The Morgan fingerprint density at radius 2 is 1.97 bits per heavy atom. The molecule has 4 aromatic rings. The SMILES string of the molecule is O=C(Nc1cccc(-c2cc3ccccc3[nH]2)c1)[C@@H]1CCCN1Cc1ccccn1. The molecule has 0 unspecified atom stereocenters. The summed E-state index contributed by atoms with van der Waals surface area (Å²) in [5.74, 6) is 0.0530. The van der Waals surface area contributed by atoms with Crippen molar-refractivity contribution in [1.82, 2.24) is 14.9 Å². The number of nitrogens with zero attached hydrogens (tertiary/aromatic N) is 2. The summed E-state index contributed by atoms with van der Waals surface area (Å²) in [6.45, 7) is 1.62. The fourth-order valence-electron chi connectivity index (χ4n) is 4.23. The van der Waals surface area contributed by atoms with Crippen molar-refractivity contribution in [3.63, 3.8) is 0 Å². The lowest BCUT2D eigenvalue weighted by Crippen LogP contribution is -2.39. The molecule has 30 heavy (non-hydrogen) atoms. The van der Waals surface area contributed by atoms with E-state index >= 15 is 0 Å². The molecule has 1 amide bonds. The van der Waals surface area contributed by atoms with Crippen LogP contribution in [0.15, 0.2) is 79.0 Å². The lowest BCUT2D eigenvalue weighted by Gasteiger charge is -2.23. The number of hydrogen-bond acceptors (Lipinski definition) is 3. The number of anilines is 1. The summed E-state index contributed by atoms with van der Waals surface area (Å²) in [4.78, 5) is 23.1. The van der Waals surface area contributed by atoms with Crippen molar-refractivity contribution in [1.29, 1.82) is 0 Å². The average Bonchev–Trinajstić information content (AvgIpc) is 3.41. The second-order valence-corrected chi connectivity index (χ2v) is 7.79. The summed E-state index contributed by atoms with van der Waals surface area (Å²) in [5, 5.41) is 4.31. The van der Waals surface area contributed by atoms with Gasteiger partial charge in [0.2, 0.25) is 5.91 Å². The maximum Gasteiger partial charge on any atom is 0.241 e. The van der Waals surface area contributed by atoms with Crippen LogP contribution in [-0.2, 0) is 11.3 Å². The first-order valence-electron chi connectivity index (χ1n) is 10.4. The number of amides is 1. The number of pyridine rings is 1. The molecule has 1 aliphatic rings. The molecule has 3 heterocycles. The van der Waals surface area contributed by atoms with E-state index in [0.29, 0.717) is 6.54 Å². The Balaban J connectivity index is 1.31. The number of benzene rings is 2. The van der Waals surface area contributed by atoms with Gasteiger partial charge in [-0.3, -0.25) is 14.7 Å². The molecule has 5 heteroatoms. The maximum absolute atomic E-state index is 13.0. The van der Waals surface area contributed by atoms with Crippen LogP contribution in [0.3, 0.4) is 0 Å². The van der Waals surface area contributed by atoms with Gasteiger partial charge in [0.25, 0.3) is 0 Å². The van der Waals surface area contributed by atoms with Crippen molar-refractivity contribution in [2.45, 2.75) is 25.4 Å². The molecule has 1 aliphatic heterocycles. The van der Waals surface area contributed by atoms with Gasteiger partial charge in [0.15, 0.2) is 0 Å². The summed E-state index contributed by atoms with van der Waals surface area (Å²) in [7, 11) is 0. The zero-order valence-electron chi connectivity index (χ0n) is 16.7. The number of carbonyl (C=O) groups excluding carboxylic acids is 1. The first-order chi connectivity index (χ1) is 14.8. The van der Waals surface area contributed by atoms with Gasteiger partial charge >= 0.3 is 0 Å². The van der Waals surface area contributed by atoms with Crippen LogP contribution in [0.1, 0.15) is 18.5 Å². The predicted molar refractivity (Wildman–Crippen MR) is 120 cm³/mol. The number of para-hydroxylation sites is 1. The molecule has 150 valence electrons. The molecule has 5 rings (SSSR count). The van der Waals surface area contributed by atoms with Gasteiger partial charge in [-0.1, -0.05) is 36.4 Å². The van der Waals surface area contributed by atoms with Crippen LogP contribution in [0.2, 0.25) is 0 Å². The third kappa shape index (κ3) is 3.84. The first kappa shape index (κ1) is 18.6. The van der Waals surface area contributed by atoms with Gasteiger partial charge in [-0.15, -0.1) is 0 Å². The minimum atomic E-state index is -0.122. The monoisotopic (exact) mass is 396 g/mol. The fraction of sp³-hybridized carbons (Fsp3) is 0.200. The third-order valence-electron chi connectivity index (χ3n) is 5.73. The largest absolute Gasteiger partial charge is 0.355 e. The van der Waals surface area contributed by atoms with Crippen molar-refractivity contribution >= 4 is 22.5 Å². The molecular formula is C25H24N4O. The van der Waals surface area contributed by atoms with Crippen LogP contribution in [0.25, 0.3) is 22.2 Å². The summed E-state index contributed by atoms with van der Waals surface area (Å²) in [6, 6.07) is 24.2. The van der Waals surface area contributed by atoms with Crippen molar-refractivity contribution < 1.29 is 4.79 Å². The summed E-state index contributed by atoms with van der Waals surface area (Å²) in [6.07, 6.45) is 3.70. The van der Waals surface area contributed by atoms with Gasteiger partial charge in [0.05, 0.1) is 11.7 Å². The summed E-state index contributed by atoms with van der Waals surface area (Å²) >= 11 is 0. The molecule has 2 aromatic heterocycles. The van der Waals surface area contributed by atoms with Crippen LogP contribution in [-0.4, -0.2) is 33.4 Å². The Morgan fingerprint density at radius 3 is 2.83 bits per heavy atom. The molecule has 1 fully saturated rings. The third-order valence-corrected chi connectivity index (χ3v) is 5.73. The van der Waals surface area contributed by atoms with Crippen LogP contribution in [0.4, 0.5) is 5.69 Å². The number of likely N-dealkylation sites (tertiary alicyclic amines) is 1. The van der Waals surface area contributed by atoms with E-state index in [1.165, 1.54) is 5.39 Å². The number of rotatable bonds is 5. The van der Waals surface area contributed by atoms with Gasteiger partial charge in [0, 0.05) is 40.6 Å². The highest BCUT2D eigenvalue weighted by molar-refractivity contribution is 5.96. The van der Waals surface area contributed by atoms with Gasteiger partial charge in [-0.2, -0.15) is 0 Å². The van der Waals surface area contributed by atoms with E-state index in [2.05, 4.69) is 44.5 Å². The Morgan fingerprint density at radius 1 is 1.07 bits per heavy atom. The number of carbonyl (C=O) groups is 1. The number of hydrogen-bond donors (Lipinski definition) is 2. The normalized spacial score (nSPS) is 16.7. The molecule has 1 saturated heterocycles. The maximum atomic E-state index is 13.0. The van der Waals surface area contributed by atoms with E-state index in [1.54, 1.807) is 6.20 Å². The van der Waals surface area contributed by atoms with Crippen LogP contribution in [0.5, 0.6) is 0 Å². The van der Waals surface area contributed by atoms with E-state index in [9.17, 15) is 4.79 Å². The van der Waals surface area contributed by atoms with Gasteiger partial charge < -0.3 is 10.3 Å². The molecule has 0 spiro atoms. The van der Waals surface area contributed by atoms with E-state index < -0.39 is 0 Å². The number of aromatic amines is 1.